The van der Waals surface area contributed by atoms with Crippen LogP contribution in [0.4, 0.5) is 0 Å². The molecule has 0 radical (unpaired) electrons. The Morgan fingerprint density at radius 1 is 0.519 bits per heavy atom. The van der Waals surface area contributed by atoms with Crippen LogP contribution >= 0.6 is 0 Å². The summed E-state index contributed by atoms with van der Waals surface area (Å²) in [6.07, 6.45) is 16.2. The molecule has 27 heavy (non-hydrogen) atoms. The second-order valence-corrected chi connectivity index (χ2v) is 8.68. The Hall–Kier alpha value is -0.700. The van der Waals surface area contributed by atoms with E-state index < -0.39 is 0 Å². The minimum Gasteiger partial charge on any atom is -0.375 e. The lowest BCUT2D eigenvalue weighted by Gasteiger charge is -2.23. The van der Waals surface area contributed by atoms with Crippen LogP contribution in [-0.2, 0) is 0 Å². The highest BCUT2D eigenvalue weighted by Gasteiger charge is 2.44. The van der Waals surface area contributed by atoms with Gasteiger partial charge >= 0.3 is 0 Å². The first-order valence-corrected chi connectivity index (χ1v) is 11.9. The first-order chi connectivity index (χ1) is 13.1. The Balaban J connectivity index is 2.56. The van der Waals surface area contributed by atoms with Crippen molar-refractivity contribution in [2.24, 2.45) is 0 Å². The lowest BCUT2D eigenvalue weighted by molar-refractivity contribution is 0.275. The molecule has 1 aliphatic rings. The van der Waals surface area contributed by atoms with E-state index in [0.717, 1.165) is 0 Å². The average Bonchev–Trinajstić information content (AvgIpc) is 3.41. The van der Waals surface area contributed by atoms with E-state index in [1.54, 1.807) is 11.4 Å². The minimum absolute atomic E-state index is 0.568. The molecule has 0 atom stereocenters. The van der Waals surface area contributed by atoms with Gasteiger partial charge in [-0.05, 0) is 32.9 Å². The molecule has 0 saturated heterocycles. The Kier molecular flexibility index (Phi) is 12.9. The zero-order chi connectivity index (χ0) is 20.1. The predicted molar refractivity (Wildman–Crippen MR) is 121 cm³/mol. The van der Waals surface area contributed by atoms with Crippen LogP contribution in [0.1, 0.15) is 97.8 Å². The zero-order valence-electron chi connectivity index (χ0n) is 19.5. The van der Waals surface area contributed by atoms with E-state index in [1.807, 2.05) is 0 Å². The molecule has 0 heterocycles. The van der Waals surface area contributed by atoms with E-state index in [1.165, 1.54) is 96.7 Å². The monoisotopic (exact) mass is 379 g/mol. The molecule has 0 saturated carbocycles. The van der Waals surface area contributed by atoms with Gasteiger partial charge in [0, 0.05) is 27.2 Å². The molecule has 0 aromatic carbocycles. The average molecular weight is 380 g/mol. The molecule has 0 aliphatic heterocycles. The molecule has 0 spiro atoms. The lowest BCUT2D eigenvalue weighted by atomic mass is 10.2. The Labute approximate surface area is 171 Å². The SMILES string of the molecule is CCCCCCN(C)C1=C(N(C)CCCCCC)C1N(C)CCCCCC. The largest absolute Gasteiger partial charge is 0.375 e. The highest BCUT2D eigenvalue weighted by molar-refractivity contribution is 5.44. The van der Waals surface area contributed by atoms with Gasteiger partial charge in [-0.15, -0.1) is 0 Å². The maximum atomic E-state index is 2.60. The van der Waals surface area contributed by atoms with Gasteiger partial charge in [0.2, 0.25) is 0 Å². The van der Waals surface area contributed by atoms with Crippen LogP contribution < -0.4 is 0 Å². The molecular weight excluding hydrogens is 330 g/mol. The summed E-state index contributed by atoms with van der Waals surface area (Å²) in [5.41, 5.74) is 3.20. The van der Waals surface area contributed by atoms with Gasteiger partial charge in [0.05, 0.1) is 17.4 Å². The van der Waals surface area contributed by atoms with Gasteiger partial charge in [0.25, 0.3) is 0 Å². The first kappa shape index (κ1) is 24.3. The van der Waals surface area contributed by atoms with Gasteiger partial charge in [0.15, 0.2) is 0 Å². The van der Waals surface area contributed by atoms with E-state index in [-0.39, 0.29) is 0 Å². The van der Waals surface area contributed by atoms with Crippen molar-refractivity contribution < 1.29 is 0 Å². The highest BCUT2D eigenvalue weighted by Crippen LogP contribution is 2.40. The second-order valence-electron chi connectivity index (χ2n) is 8.68. The first-order valence-electron chi connectivity index (χ1n) is 11.9. The van der Waals surface area contributed by atoms with Gasteiger partial charge < -0.3 is 9.80 Å². The minimum atomic E-state index is 0.568. The van der Waals surface area contributed by atoms with E-state index in [2.05, 4.69) is 56.6 Å². The fourth-order valence-electron chi connectivity index (χ4n) is 4.12. The molecule has 0 bridgehead atoms. The summed E-state index contributed by atoms with van der Waals surface area (Å²) in [5.74, 6) is 0. The van der Waals surface area contributed by atoms with Crippen LogP contribution in [0.5, 0.6) is 0 Å². The molecule has 0 N–H and O–H groups in total. The quantitative estimate of drug-likeness (QED) is 0.266. The summed E-state index contributed by atoms with van der Waals surface area (Å²) in [4.78, 5) is 7.72. The third-order valence-electron chi connectivity index (χ3n) is 6.02. The summed E-state index contributed by atoms with van der Waals surface area (Å²) in [6, 6.07) is 0.568. The molecule has 1 aliphatic carbocycles. The van der Waals surface area contributed by atoms with Crippen LogP contribution in [0.2, 0.25) is 0 Å². The van der Waals surface area contributed by atoms with E-state index >= 15 is 0 Å². The summed E-state index contributed by atoms with van der Waals surface area (Å²) in [6.45, 7) is 10.5. The Morgan fingerprint density at radius 2 is 0.889 bits per heavy atom. The fourth-order valence-corrected chi connectivity index (χ4v) is 4.12. The Morgan fingerprint density at radius 3 is 1.26 bits per heavy atom. The van der Waals surface area contributed by atoms with Gasteiger partial charge in [-0.25, -0.2) is 0 Å². The van der Waals surface area contributed by atoms with Gasteiger partial charge in [-0.1, -0.05) is 78.6 Å². The number of hydrogen-bond donors (Lipinski definition) is 0. The van der Waals surface area contributed by atoms with Crippen molar-refractivity contribution in [1.29, 1.82) is 0 Å². The smallest absolute Gasteiger partial charge is 0.0937 e. The second kappa shape index (κ2) is 14.3. The van der Waals surface area contributed by atoms with E-state index in [9.17, 15) is 0 Å². The number of likely N-dealkylation sites (N-methyl/N-ethyl adjacent to an activating group) is 3. The van der Waals surface area contributed by atoms with Gasteiger partial charge in [-0.3, -0.25) is 4.90 Å². The lowest BCUT2D eigenvalue weighted by Crippen LogP contribution is -2.31. The maximum Gasteiger partial charge on any atom is 0.0937 e. The third kappa shape index (κ3) is 8.89. The molecule has 3 nitrogen and oxygen atoms in total. The van der Waals surface area contributed by atoms with Crippen molar-refractivity contribution in [2.75, 3.05) is 40.8 Å². The number of nitrogens with zero attached hydrogens (tertiary/aromatic N) is 3. The van der Waals surface area contributed by atoms with Crippen molar-refractivity contribution >= 4 is 0 Å². The Bertz CT molecular complexity index is 376. The normalized spacial score (nSPS) is 14.3. The highest BCUT2D eigenvalue weighted by atomic mass is 15.3. The van der Waals surface area contributed by atoms with Gasteiger partial charge in [0.1, 0.15) is 0 Å². The molecule has 3 heteroatoms. The fraction of sp³-hybridized carbons (Fsp3) is 0.917. The van der Waals surface area contributed by atoms with Crippen LogP contribution in [0.15, 0.2) is 11.4 Å². The molecule has 1 rings (SSSR count). The van der Waals surface area contributed by atoms with Crippen LogP contribution in [-0.4, -0.2) is 61.5 Å². The van der Waals surface area contributed by atoms with Crippen molar-refractivity contribution in [3.8, 4) is 0 Å². The van der Waals surface area contributed by atoms with Crippen molar-refractivity contribution in [2.45, 2.75) is 104 Å². The van der Waals surface area contributed by atoms with Crippen molar-refractivity contribution in [3.63, 3.8) is 0 Å². The van der Waals surface area contributed by atoms with Crippen molar-refractivity contribution in [1.82, 2.24) is 14.7 Å². The van der Waals surface area contributed by atoms with E-state index in [0.29, 0.717) is 6.04 Å². The molecule has 0 aromatic rings. The maximum absolute atomic E-state index is 2.60. The molecular formula is C24H49N3. The van der Waals surface area contributed by atoms with Crippen LogP contribution in [0.3, 0.4) is 0 Å². The zero-order valence-corrected chi connectivity index (χ0v) is 19.5. The summed E-state index contributed by atoms with van der Waals surface area (Å²) in [5, 5.41) is 0. The van der Waals surface area contributed by atoms with E-state index in [4.69, 9.17) is 0 Å². The molecule has 0 fully saturated rings. The summed E-state index contributed by atoms with van der Waals surface area (Å²) < 4.78 is 0. The summed E-state index contributed by atoms with van der Waals surface area (Å²) in [7, 11) is 6.97. The predicted octanol–water partition coefficient (Wildman–Crippen LogP) is 6.12. The molecule has 0 aromatic heterocycles. The van der Waals surface area contributed by atoms with Gasteiger partial charge in [-0.2, -0.15) is 0 Å². The van der Waals surface area contributed by atoms with Crippen LogP contribution in [0.25, 0.3) is 0 Å². The van der Waals surface area contributed by atoms with Crippen molar-refractivity contribution in [3.05, 3.63) is 11.4 Å². The summed E-state index contributed by atoms with van der Waals surface area (Å²) >= 11 is 0. The number of unbranched alkanes of at least 4 members (excludes halogenated alkanes) is 9. The topological polar surface area (TPSA) is 9.72 Å². The molecule has 160 valence electrons. The molecule has 0 amide bonds. The standard InChI is InChI=1S/C24H49N3/c1-7-10-13-16-19-25(4)22-23(26(5)20-17-14-11-8-2)24(22)27(6)21-18-15-12-9-3/h22H,7-21H2,1-6H3. The number of rotatable bonds is 18. The van der Waals surface area contributed by atoms with Crippen LogP contribution in [0, 0.1) is 0 Å². The number of hydrogen-bond acceptors (Lipinski definition) is 3. The third-order valence-corrected chi connectivity index (χ3v) is 6.02. The molecule has 0 unspecified atom stereocenters.